The number of amides is 2. The van der Waals surface area contributed by atoms with E-state index in [1.165, 1.54) is 24.0 Å². The van der Waals surface area contributed by atoms with E-state index < -0.39 is 0 Å². The van der Waals surface area contributed by atoms with Crippen LogP contribution in [0.25, 0.3) is 0 Å². The number of benzene rings is 1. The summed E-state index contributed by atoms with van der Waals surface area (Å²) in [4.78, 5) is 26.5. The highest BCUT2D eigenvalue weighted by Crippen LogP contribution is 2.56. The third-order valence-corrected chi connectivity index (χ3v) is 7.43. The standard InChI is InChI=1S/C26H40N2O2/c1-6-19(18-27-23(29)7-2)24(30)28-13-11-26(12-14-28)16-21(17-26)20-9-8-10-22(15-20)25(3,4)5/h8-10,15,19,21H,6-7,11-14,16-18H2,1-5H3,(H,27,29). The van der Waals surface area contributed by atoms with Gasteiger partial charge in [0.25, 0.3) is 0 Å². The molecule has 1 saturated carbocycles. The predicted octanol–water partition coefficient (Wildman–Crippen LogP) is 5.02. The number of nitrogens with one attached hydrogen (secondary N) is 1. The smallest absolute Gasteiger partial charge is 0.227 e. The molecule has 166 valence electrons. The van der Waals surface area contributed by atoms with Gasteiger partial charge in [0.15, 0.2) is 0 Å². The molecule has 30 heavy (non-hydrogen) atoms. The number of hydrogen-bond donors (Lipinski definition) is 1. The summed E-state index contributed by atoms with van der Waals surface area (Å²) in [6.45, 7) is 12.9. The van der Waals surface area contributed by atoms with Crippen LogP contribution in [0.2, 0.25) is 0 Å². The van der Waals surface area contributed by atoms with E-state index in [0.29, 0.717) is 24.3 Å². The Morgan fingerprint density at radius 2 is 1.83 bits per heavy atom. The molecular weight excluding hydrogens is 372 g/mol. The van der Waals surface area contributed by atoms with Gasteiger partial charge in [-0.05, 0) is 60.0 Å². The zero-order chi connectivity index (χ0) is 21.9. The van der Waals surface area contributed by atoms with Crippen molar-refractivity contribution in [1.82, 2.24) is 10.2 Å². The Labute approximate surface area is 182 Å². The van der Waals surface area contributed by atoms with Crippen LogP contribution in [0.5, 0.6) is 0 Å². The van der Waals surface area contributed by atoms with Crippen LogP contribution < -0.4 is 5.32 Å². The fourth-order valence-corrected chi connectivity index (χ4v) is 5.12. The SMILES string of the molecule is CCC(=O)NCC(CC)C(=O)N1CCC2(CC1)CC(c1cccc(C(C)(C)C)c1)C2. The Hall–Kier alpha value is -1.84. The number of hydrogen-bond acceptors (Lipinski definition) is 2. The summed E-state index contributed by atoms with van der Waals surface area (Å²) in [5.41, 5.74) is 3.53. The van der Waals surface area contributed by atoms with Crippen molar-refractivity contribution in [1.29, 1.82) is 0 Å². The van der Waals surface area contributed by atoms with Crippen LogP contribution in [-0.2, 0) is 15.0 Å². The Bertz CT molecular complexity index is 749. The van der Waals surface area contributed by atoms with E-state index in [4.69, 9.17) is 0 Å². The van der Waals surface area contributed by atoms with Gasteiger partial charge < -0.3 is 10.2 Å². The maximum absolute atomic E-state index is 12.9. The first-order chi connectivity index (χ1) is 14.2. The second-order valence-corrected chi connectivity index (χ2v) is 10.6. The molecule has 1 aliphatic carbocycles. The normalized spacial score (nSPS) is 20.0. The summed E-state index contributed by atoms with van der Waals surface area (Å²) in [6, 6.07) is 9.16. The molecule has 1 unspecified atom stereocenters. The van der Waals surface area contributed by atoms with Crippen LogP contribution in [-0.4, -0.2) is 36.3 Å². The van der Waals surface area contributed by atoms with E-state index in [0.717, 1.165) is 32.4 Å². The molecule has 2 fully saturated rings. The summed E-state index contributed by atoms with van der Waals surface area (Å²) in [7, 11) is 0. The van der Waals surface area contributed by atoms with Crippen molar-refractivity contribution in [2.45, 2.75) is 84.5 Å². The molecule has 1 aromatic rings. The summed E-state index contributed by atoms with van der Waals surface area (Å²) in [5.74, 6) is 0.818. The van der Waals surface area contributed by atoms with Crippen molar-refractivity contribution in [3.63, 3.8) is 0 Å². The minimum atomic E-state index is -0.0937. The fourth-order valence-electron chi connectivity index (χ4n) is 5.12. The molecule has 1 saturated heterocycles. The highest BCUT2D eigenvalue weighted by Gasteiger charge is 2.47. The molecule has 4 heteroatoms. The minimum Gasteiger partial charge on any atom is -0.355 e. The highest BCUT2D eigenvalue weighted by molar-refractivity contribution is 5.81. The first-order valence-corrected chi connectivity index (χ1v) is 11.8. The molecule has 1 atom stereocenters. The third-order valence-electron chi connectivity index (χ3n) is 7.43. The number of likely N-dealkylation sites (tertiary alicyclic amines) is 1. The molecule has 4 nitrogen and oxygen atoms in total. The van der Waals surface area contributed by atoms with Crippen LogP contribution in [0, 0.1) is 11.3 Å². The maximum Gasteiger partial charge on any atom is 0.227 e. The molecule has 2 aliphatic rings. The molecule has 1 heterocycles. The molecule has 0 radical (unpaired) electrons. The summed E-state index contributed by atoms with van der Waals surface area (Å²) >= 11 is 0. The second kappa shape index (κ2) is 9.11. The average Bonchev–Trinajstić information content (AvgIpc) is 2.71. The van der Waals surface area contributed by atoms with E-state index in [1.807, 2.05) is 18.7 Å². The first-order valence-electron chi connectivity index (χ1n) is 11.8. The molecular formula is C26H40N2O2. The number of carbonyl (C=O) groups excluding carboxylic acids is 2. The molecule has 0 bridgehead atoms. The van der Waals surface area contributed by atoms with Crippen molar-refractivity contribution in [2.24, 2.45) is 11.3 Å². The average molecular weight is 413 g/mol. The maximum atomic E-state index is 12.9. The zero-order valence-electron chi connectivity index (χ0n) is 19.6. The van der Waals surface area contributed by atoms with E-state index in [1.54, 1.807) is 0 Å². The molecule has 1 spiro atoms. The van der Waals surface area contributed by atoms with Crippen molar-refractivity contribution in [3.05, 3.63) is 35.4 Å². The topological polar surface area (TPSA) is 49.4 Å². The number of nitrogens with zero attached hydrogens (tertiary/aromatic N) is 1. The number of piperidine rings is 1. The summed E-state index contributed by atoms with van der Waals surface area (Å²) < 4.78 is 0. The van der Waals surface area contributed by atoms with Gasteiger partial charge in [-0.15, -0.1) is 0 Å². The van der Waals surface area contributed by atoms with Gasteiger partial charge in [0.05, 0.1) is 5.92 Å². The number of rotatable bonds is 6. The van der Waals surface area contributed by atoms with Crippen LogP contribution in [0.1, 0.15) is 90.2 Å². The van der Waals surface area contributed by atoms with Gasteiger partial charge in [-0.1, -0.05) is 58.9 Å². The van der Waals surface area contributed by atoms with Crippen LogP contribution in [0.4, 0.5) is 0 Å². The van der Waals surface area contributed by atoms with Gasteiger partial charge in [-0.2, -0.15) is 0 Å². The van der Waals surface area contributed by atoms with E-state index in [-0.39, 0.29) is 23.1 Å². The van der Waals surface area contributed by atoms with Crippen molar-refractivity contribution in [3.8, 4) is 0 Å². The largest absolute Gasteiger partial charge is 0.355 e. The number of carbonyl (C=O) groups is 2. The predicted molar refractivity (Wildman–Crippen MR) is 122 cm³/mol. The highest BCUT2D eigenvalue weighted by atomic mass is 16.2. The van der Waals surface area contributed by atoms with Gasteiger partial charge >= 0.3 is 0 Å². The summed E-state index contributed by atoms with van der Waals surface area (Å²) in [5, 5.41) is 2.89. The van der Waals surface area contributed by atoms with Gasteiger partial charge in [-0.25, -0.2) is 0 Å². The van der Waals surface area contributed by atoms with Crippen LogP contribution in [0.3, 0.4) is 0 Å². The van der Waals surface area contributed by atoms with E-state index in [9.17, 15) is 9.59 Å². The Balaban J connectivity index is 1.52. The molecule has 2 amide bonds. The first kappa shape index (κ1) is 22.8. The van der Waals surface area contributed by atoms with Gasteiger partial charge in [0.2, 0.25) is 11.8 Å². The fraction of sp³-hybridized carbons (Fsp3) is 0.692. The lowest BCUT2D eigenvalue weighted by molar-refractivity contribution is -0.139. The summed E-state index contributed by atoms with van der Waals surface area (Å²) in [6.07, 6.45) is 5.99. The Morgan fingerprint density at radius 3 is 2.40 bits per heavy atom. The van der Waals surface area contributed by atoms with Crippen LogP contribution >= 0.6 is 0 Å². The lowest BCUT2D eigenvalue weighted by Crippen LogP contribution is -2.50. The molecule has 3 rings (SSSR count). The van der Waals surface area contributed by atoms with Gasteiger partial charge in [-0.3, -0.25) is 9.59 Å². The van der Waals surface area contributed by atoms with Gasteiger partial charge in [0, 0.05) is 26.1 Å². The molecule has 1 aliphatic heterocycles. The minimum absolute atomic E-state index is 0.0230. The molecule has 1 N–H and O–H groups in total. The monoisotopic (exact) mass is 412 g/mol. The van der Waals surface area contributed by atoms with Gasteiger partial charge in [0.1, 0.15) is 0 Å². The molecule has 0 aromatic heterocycles. The Morgan fingerprint density at radius 1 is 1.17 bits per heavy atom. The van der Waals surface area contributed by atoms with Crippen molar-refractivity contribution in [2.75, 3.05) is 19.6 Å². The third kappa shape index (κ3) is 5.07. The van der Waals surface area contributed by atoms with Crippen molar-refractivity contribution < 1.29 is 9.59 Å². The zero-order valence-corrected chi connectivity index (χ0v) is 19.6. The Kier molecular flexibility index (Phi) is 6.94. The molecule has 1 aromatic carbocycles. The quantitative estimate of drug-likeness (QED) is 0.713. The second-order valence-electron chi connectivity index (χ2n) is 10.6. The lowest BCUT2D eigenvalue weighted by atomic mass is 9.56. The van der Waals surface area contributed by atoms with E-state index >= 15 is 0 Å². The van der Waals surface area contributed by atoms with E-state index in [2.05, 4.69) is 50.4 Å². The lowest BCUT2D eigenvalue weighted by Gasteiger charge is -2.53. The van der Waals surface area contributed by atoms with Crippen molar-refractivity contribution >= 4 is 11.8 Å². The van der Waals surface area contributed by atoms with Crippen LogP contribution in [0.15, 0.2) is 24.3 Å².